The van der Waals surface area contributed by atoms with Gasteiger partial charge in [-0.1, -0.05) is 0 Å². The van der Waals surface area contributed by atoms with Gasteiger partial charge in [0.2, 0.25) is 0 Å². The van der Waals surface area contributed by atoms with Gasteiger partial charge in [0, 0.05) is 31.2 Å². The van der Waals surface area contributed by atoms with Crippen LogP contribution in [0.4, 0.5) is 14.5 Å². The minimum Gasteiger partial charge on any atom is -0.477 e. The molecule has 0 spiro atoms. The molecule has 2 aromatic rings. The standard InChI is InChI=1S/C20H21F2N3O3/c21-13-6-12-16(26)7-15(20(27)28)25(11-3-4-11)18(12)17(22)19(13)24-8-10-2-1-5-23-14(10)9-24/h6-7,10-11,14,23H,1-5,8-9H2,(H,27,28)/t10-,14+/m1/s1. The van der Waals surface area contributed by atoms with Crippen molar-refractivity contribution in [2.24, 2.45) is 5.92 Å². The van der Waals surface area contributed by atoms with Gasteiger partial charge >= 0.3 is 5.97 Å². The summed E-state index contributed by atoms with van der Waals surface area (Å²) in [5.74, 6) is -2.56. The molecule has 0 unspecified atom stereocenters. The van der Waals surface area contributed by atoms with Crippen LogP contribution in [-0.4, -0.2) is 41.3 Å². The van der Waals surface area contributed by atoms with Crippen LogP contribution in [0.3, 0.4) is 0 Å². The number of hydrogen-bond donors (Lipinski definition) is 2. The predicted molar refractivity (Wildman–Crippen MR) is 100 cm³/mol. The first-order valence-corrected chi connectivity index (χ1v) is 9.74. The summed E-state index contributed by atoms with van der Waals surface area (Å²) in [6.07, 6.45) is 3.48. The molecule has 2 atom stereocenters. The lowest BCUT2D eigenvalue weighted by Crippen LogP contribution is -2.40. The number of carboxylic acid groups (broad SMARTS) is 1. The number of benzene rings is 1. The predicted octanol–water partition coefficient (Wildman–Crippen LogP) is 2.50. The van der Waals surface area contributed by atoms with Crippen molar-refractivity contribution in [2.45, 2.75) is 37.8 Å². The third-order valence-electron chi connectivity index (χ3n) is 6.25. The number of pyridine rings is 1. The lowest BCUT2D eigenvalue weighted by molar-refractivity contribution is 0.0684. The van der Waals surface area contributed by atoms with Gasteiger partial charge in [0.05, 0.1) is 10.9 Å². The monoisotopic (exact) mass is 389 g/mol. The minimum absolute atomic E-state index is 0.0911. The second kappa shape index (κ2) is 6.27. The number of carboxylic acids is 1. The van der Waals surface area contributed by atoms with Gasteiger partial charge in [0.25, 0.3) is 0 Å². The number of halogens is 2. The number of aromatic carboxylic acids is 1. The summed E-state index contributed by atoms with van der Waals surface area (Å²) in [5.41, 5.74) is -1.16. The van der Waals surface area contributed by atoms with Gasteiger partial charge < -0.3 is 19.9 Å². The van der Waals surface area contributed by atoms with Crippen LogP contribution in [0.5, 0.6) is 0 Å². The van der Waals surface area contributed by atoms with E-state index in [1.165, 1.54) is 4.57 Å². The molecule has 148 valence electrons. The lowest BCUT2D eigenvalue weighted by atomic mass is 9.94. The molecule has 2 aliphatic heterocycles. The Balaban J connectivity index is 1.72. The summed E-state index contributed by atoms with van der Waals surface area (Å²) >= 11 is 0. The van der Waals surface area contributed by atoms with Crippen molar-refractivity contribution >= 4 is 22.6 Å². The van der Waals surface area contributed by atoms with Gasteiger partial charge in [-0.3, -0.25) is 4.79 Å². The van der Waals surface area contributed by atoms with E-state index in [-0.39, 0.29) is 34.4 Å². The molecule has 1 aromatic heterocycles. The van der Waals surface area contributed by atoms with Crippen LogP contribution in [0.2, 0.25) is 0 Å². The molecule has 1 saturated carbocycles. The Morgan fingerprint density at radius 1 is 1.18 bits per heavy atom. The van der Waals surface area contributed by atoms with E-state index >= 15 is 4.39 Å². The number of anilines is 1. The molecule has 3 aliphatic rings. The molecule has 3 fully saturated rings. The van der Waals surface area contributed by atoms with Gasteiger partial charge in [0.15, 0.2) is 11.2 Å². The molecule has 2 saturated heterocycles. The maximum absolute atomic E-state index is 15.7. The fraction of sp³-hybridized carbons (Fsp3) is 0.500. The Bertz CT molecular complexity index is 1030. The minimum atomic E-state index is -1.28. The lowest BCUT2D eigenvalue weighted by Gasteiger charge is -2.24. The van der Waals surface area contributed by atoms with Crippen molar-refractivity contribution in [3.05, 3.63) is 39.7 Å². The second-order valence-corrected chi connectivity index (χ2v) is 8.09. The van der Waals surface area contributed by atoms with Gasteiger partial charge in [-0.15, -0.1) is 0 Å². The number of rotatable bonds is 3. The van der Waals surface area contributed by atoms with E-state index < -0.39 is 23.0 Å². The van der Waals surface area contributed by atoms with Gasteiger partial charge in [0.1, 0.15) is 17.2 Å². The zero-order valence-corrected chi connectivity index (χ0v) is 15.3. The quantitative estimate of drug-likeness (QED) is 0.844. The van der Waals surface area contributed by atoms with E-state index in [2.05, 4.69) is 5.32 Å². The molecule has 0 radical (unpaired) electrons. The van der Waals surface area contributed by atoms with E-state index in [0.717, 1.165) is 31.5 Å². The van der Waals surface area contributed by atoms with E-state index in [1.807, 2.05) is 0 Å². The largest absolute Gasteiger partial charge is 0.477 e. The highest BCUT2D eigenvalue weighted by Crippen LogP contribution is 2.41. The van der Waals surface area contributed by atoms with Crippen LogP contribution >= 0.6 is 0 Å². The Hall–Kier alpha value is -2.48. The number of aromatic nitrogens is 1. The van der Waals surface area contributed by atoms with E-state index in [0.29, 0.717) is 31.8 Å². The number of nitrogens with zero attached hydrogens (tertiary/aromatic N) is 2. The summed E-state index contributed by atoms with van der Waals surface area (Å²) in [6.45, 7) is 1.94. The second-order valence-electron chi connectivity index (χ2n) is 8.09. The Morgan fingerprint density at radius 3 is 2.64 bits per heavy atom. The smallest absolute Gasteiger partial charge is 0.352 e. The average molecular weight is 389 g/mol. The number of nitrogens with one attached hydrogen (secondary N) is 1. The Kier molecular flexibility index (Phi) is 3.94. The topological polar surface area (TPSA) is 74.6 Å². The van der Waals surface area contributed by atoms with Crippen molar-refractivity contribution < 1.29 is 18.7 Å². The Labute approximate surface area is 159 Å². The van der Waals surface area contributed by atoms with Crippen LogP contribution in [0, 0.1) is 17.6 Å². The fourth-order valence-electron chi connectivity index (χ4n) is 4.81. The van der Waals surface area contributed by atoms with Gasteiger partial charge in [-0.05, 0) is 44.2 Å². The zero-order valence-electron chi connectivity index (χ0n) is 15.3. The van der Waals surface area contributed by atoms with E-state index in [9.17, 15) is 19.1 Å². The van der Waals surface area contributed by atoms with Gasteiger partial charge in [-0.2, -0.15) is 0 Å². The third-order valence-corrected chi connectivity index (χ3v) is 6.25. The molecule has 8 heteroatoms. The van der Waals surface area contributed by atoms with Crippen LogP contribution in [0.1, 0.15) is 42.2 Å². The SMILES string of the molecule is O=C(O)c1cc(=O)c2cc(F)c(N3C[C@H]4CCCN[C@H]4C3)c(F)c2n1C1CC1. The summed E-state index contributed by atoms with van der Waals surface area (Å²) in [6, 6.07) is 2.05. The summed E-state index contributed by atoms with van der Waals surface area (Å²) in [4.78, 5) is 25.8. The van der Waals surface area contributed by atoms with Gasteiger partial charge in [-0.25, -0.2) is 13.6 Å². The maximum atomic E-state index is 15.7. The molecule has 28 heavy (non-hydrogen) atoms. The molecule has 1 aromatic carbocycles. The maximum Gasteiger partial charge on any atom is 0.352 e. The molecule has 1 aliphatic carbocycles. The van der Waals surface area contributed by atoms with Crippen molar-refractivity contribution in [3.63, 3.8) is 0 Å². The van der Waals surface area contributed by atoms with Crippen LogP contribution in [0.15, 0.2) is 16.9 Å². The summed E-state index contributed by atoms with van der Waals surface area (Å²) < 4.78 is 32.0. The molecular formula is C20H21F2N3O3. The van der Waals surface area contributed by atoms with Crippen molar-refractivity contribution in [1.82, 2.24) is 9.88 Å². The van der Waals surface area contributed by atoms with Crippen LogP contribution in [-0.2, 0) is 0 Å². The first-order valence-electron chi connectivity index (χ1n) is 9.74. The van der Waals surface area contributed by atoms with E-state index in [1.54, 1.807) is 4.90 Å². The molecule has 5 rings (SSSR count). The van der Waals surface area contributed by atoms with Crippen LogP contribution in [0.25, 0.3) is 10.9 Å². The first kappa shape index (κ1) is 17.6. The summed E-state index contributed by atoms with van der Waals surface area (Å²) in [7, 11) is 0. The number of piperidine rings is 1. The highest BCUT2D eigenvalue weighted by molar-refractivity contribution is 5.92. The normalized spacial score (nSPS) is 24.6. The zero-order chi connectivity index (χ0) is 19.6. The highest BCUT2D eigenvalue weighted by atomic mass is 19.1. The molecule has 6 nitrogen and oxygen atoms in total. The van der Waals surface area contributed by atoms with E-state index in [4.69, 9.17) is 0 Å². The highest BCUT2D eigenvalue weighted by Gasteiger charge is 2.38. The molecular weight excluding hydrogens is 368 g/mol. The Morgan fingerprint density at radius 2 is 1.96 bits per heavy atom. The number of hydrogen-bond acceptors (Lipinski definition) is 4. The van der Waals surface area contributed by atoms with Crippen LogP contribution < -0.4 is 15.6 Å². The molecule has 0 amide bonds. The molecule has 3 heterocycles. The van der Waals surface area contributed by atoms with Crippen molar-refractivity contribution in [2.75, 3.05) is 24.5 Å². The number of fused-ring (bicyclic) bond motifs is 2. The number of carbonyl (C=O) groups is 1. The van der Waals surface area contributed by atoms with Crippen molar-refractivity contribution in [3.8, 4) is 0 Å². The first-order chi connectivity index (χ1) is 13.5. The molecule has 2 N–H and O–H groups in total. The average Bonchev–Trinajstić information content (AvgIpc) is 3.40. The third kappa shape index (κ3) is 2.62. The fourth-order valence-corrected chi connectivity index (χ4v) is 4.81. The van der Waals surface area contributed by atoms with Crippen molar-refractivity contribution in [1.29, 1.82) is 0 Å². The molecule has 0 bridgehead atoms. The summed E-state index contributed by atoms with van der Waals surface area (Å²) in [5, 5.41) is 12.8.